The van der Waals surface area contributed by atoms with E-state index in [0.29, 0.717) is 11.0 Å². The molecule has 0 heterocycles. The molecule has 0 aliphatic rings. The zero-order valence-corrected chi connectivity index (χ0v) is 14.5. The van der Waals surface area contributed by atoms with Crippen molar-refractivity contribution in [1.29, 1.82) is 0 Å². The second-order valence-corrected chi connectivity index (χ2v) is 4.71. The van der Waals surface area contributed by atoms with Crippen molar-refractivity contribution in [3.8, 4) is 22.3 Å². The Morgan fingerprint density at radius 1 is 0.826 bits per heavy atom. The zero-order valence-electron chi connectivity index (χ0n) is 11.7. The van der Waals surface area contributed by atoms with E-state index in [4.69, 9.17) is 7.85 Å². The van der Waals surface area contributed by atoms with Crippen LogP contribution in [0.15, 0.2) is 60.7 Å². The van der Waals surface area contributed by atoms with Gasteiger partial charge in [-0.15, -0.1) is 35.9 Å². The molecular formula is C19H14BF2Y-. The van der Waals surface area contributed by atoms with Crippen LogP contribution in [-0.2, 0) is 32.7 Å². The topological polar surface area (TPSA) is 0 Å². The maximum atomic E-state index is 14.3. The predicted octanol–water partition coefficient (Wildman–Crippen LogP) is 4.53. The normalized spacial score (nSPS) is 9.65. The van der Waals surface area contributed by atoms with Gasteiger partial charge in [0.25, 0.3) is 0 Å². The molecule has 3 rings (SSSR count). The minimum absolute atomic E-state index is 0. The van der Waals surface area contributed by atoms with E-state index in [1.165, 1.54) is 18.2 Å². The number of hydrogen-bond acceptors (Lipinski definition) is 0. The number of halogens is 2. The molecule has 4 heteroatoms. The van der Waals surface area contributed by atoms with Crippen molar-refractivity contribution in [3.05, 3.63) is 78.4 Å². The SMILES string of the molecule is C.[B]c1ccc(-c2ccc(-c3[c-]cccc3)cc2F)c(F)c1.[Y]. The van der Waals surface area contributed by atoms with Gasteiger partial charge in [-0.25, -0.2) is 8.78 Å². The van der Waals surface area contributed by atoms with Crippen LogP contribution in [0.25, 0.3) is 22.3 Å². The first-order valence-corrected chi connectivity index (χ1v) is 6.47. The van der Waals surface area contributed by atoms with Crippen molar-refractivity contribution in [3.63, 3.8) is 0 Å². The molecule has 3 radical (unpaired) electrons. The van der Waals surface area contributed by atoms with Gasteiger partial charge in [-0.3, -0.25) is 0 Å². The molecular weight excluding hydrogens is 366 g/mol. The Morgan fingerprint density at radius 3 is 2.04 bits per heavy atom. The molecule has 3 aromatic carbocycles. The Morgan fingerprint density at radius 2 is 1.48 bits per heavy atom. The van der Waals surface area contributed by atoms with Crippen LogP contribution in [0.5, 0.6) is 0 Å². The summed E-state index contributed by atoms with van der Waals surface area (Å²) < 4.78 is 28.2. The van der Waals surface area contributed by atoms with E-state index in [0.717, 1.165) is 5.56 Å². The van der Waals surface area contributed by atoms with Gasteiger partial charge in [0.15, 0.2) is 0 Å². The molecule has 0 unspecified atom stereocenters. The van der Waals surface area contributed by atoms with E-state index in [2.05, 4.69) is 6.07 Å². The first-order valence-electron chi connectivity index (χ1n) is 6.47. The van der Waals surface area contributed by atoms with Crippen LogP contribution >= 0.6 is 0 Å². The molecule has 0 bridgehead atoms. The molecule has 0 saturated carbocycles. The smallest absolute Gasteiger partial charge is 0.130 e. The molecule has 0 aliphatic carbocycles. The molecule has 0 amide bonds. The van der Waals surface area contributed by atoms with Gasteiger partial charge in [0.05, 0.1) is 0 Å². The van der Waals surface area contributed by atoms with Gasteiger partial charge in [0.1, 0.15) is 19.5 Å². The molecule has 0 aromatic heterocycles. The van der Waals surface area contributed by atoms with E-state index in [-0.39, 0.29) is 51.3 Å². The first-order chi connectivity index (χ1) is 10.1. The van der Waals surface area contributed by atoms with E-state index in [9.17, 15) is 8.78 Å². The van der Waals surface area contributed by atoms with Crippen LogP contribution < -0.4 is 5.46 Å². The third-order valence-electron chi connectivity index (χ3n) is 3.27. The van der Waals surface area contributed by atoms with Crippen LogP contribution in [0, 0.1) is 17.7 Å². The monoisotopic (exact) mass is 380 g/mol. The van der Waals surface area contributed by atoms with Crippen molar-refractivity contribution in [2.24, 2.45) is 0 Å². The third kappa shape index (κ3) is 4.36. The summed E-state index contributed by atoms with van der Waals surface area (Å²) in [7, 11) is 5.51. The maximum absolute atomic E-state index is 14.3. The first kappa shape index (κ1) is 19.7. The number of hydrogen-bond donors (Lipinski definition) is 0. The summed E-state index contributed by atoms with van der Waals surface area (Å²) in [6.07, 6.45) is 0. The molecule has 0 spiro atoms. The predicted molar refractivity (Wildman–Crippen MR) is 88.2 cm³/mol. The van der Waals surface area contributed by atoms with Gasteiger partial charge in [-0.05, 0) is 6.07 Å². The van der Waals surface area contributed by atoms with Gasteiger partial charge in [0, 0.05) is 43.8 Å². The summed E-state index contributed by atoms with van der Waals surface area (Å²) in [5.41, 5.74) is 2.22. The summed E-state index contributed by atoms with van der Waals surface area (Å²) >= 11 is 0. The van der Waals surface area contributed by atoms with Crippen molar-refractivity contribution in [1.82, 2.24) is 0 Å². The summed E-state index contributed by atoms with van der Waals surface area (Å²) in [6.45, 7) is 0. The summed E-state index contributed by atoms with van der Waals surface area (Å²) in [6, 6.07) is 19.3. The van der Waals surface area contributed by atoms with Crippen molar-refractivity contribution in [2.75, 3.05) is 0 Å². The number of rotatable bonds is 2. The molecule has 0 saturated heterocycles. The minimum Gasteiger partial charge on any atom is -0.207 e. The average molecular weight is 380 g/mol. The van der Waals surface area contributed by atoms with E-state index in [1.807, 2.05) is 18.2 Å². The molecule has 0 nitrogen and oxygen atoms in total. The van der Waals surface area contributed by atoms with Crippen molar-refractivity contribution < 1.29 is 41.5 Å². The second-order valence-electron chi connectivity index (χ2n) is 4.71. The van der Waals surface area contributed by atoms with Crippen LogP contribution in [0.3, 0.4) is 0 Å². The Kier molecular flexibility index (Phi) is 7.31. The van der Waals surface area contributed by atoms with Crippen molar-refractivity contribution in [2.45, 2.75) is 7.43 Å². The quantitative estimate of drug-likeness (QED) is 0.453. The zero-order chi connectivity index (χ0) is 14.8. The van der Waals surface area contributed by atoms with Gasteiger partial charge >= 0.3 is 0 Å². The second kappa shape index (κ2) is 8.52. The fraction of sp³-hybridized carbons (Fsp3) is 0.0526. The molecule has 23 heavy (non-hydrogen) atoms. The van der Waals surface area contributed by atoms with Gasteiger partial charge in [-0.1, -0.05) is 48.8 Å². The molecule has 3 aromatic rings. The fourth-order valence-electron chi connectivity index (χ4n) is 2.22. The standard InChI is InChI=1S/C18H10BF2.CH4.Y/c19-14-7-9-16(18(21)11-14)15-8-6-13(10-17(15)20)12-4-2-1-3-5-12;;/h1-4,6-11H;1H4;/q-1;;. The minimum atomic E-state index is -0.534. The Hall–Kier alpha value is -1.31. The van der Waals surface area contributed by atoms with E-state index in [1.54, 1.807) is 24.3 Å². The van der Waals surface area contributed by atoms with Crippen LogP contribution in [0.4, 0.5) is 8.78 Å². The average Bonchev–Trinajstić information content (AvgIpc) is 2.49. The largest absolute Gasteiger partial charge is 0.207 e. The molecule has 0 N–H and O–H groups in total. The summed E-state index contributed by atoms with van der Waals surface area (Å²) in [5, 5.41) is 0. The van der Waals surface area contributed by atoms with E-state index >= 15 is 0 Å². The Balaban J connectivity index is 0.00000132. The summed E-state index contributed by atoms with van der Waals surface area (Å²) in [5.74, 6) is -1.01. The van der Waals surface area contributed by atoms with Gasteiger partial charge < -0.3 is 0 Å². The molecule has 0 aliphatic heterocycles. The Labute approximate surface area is 162 Å². The Bertz CT molecular complexity index is 789. The molecule has 0 fully saturated rings. The third-order valence-corrected chi connectivity index (χ3v) is 3.27. The van der Waals surface area contributed by atoms with Crippen LogP contribution in [0.1, 0.15) is 7.43 Å². The van der Waals surface area contributed by atoms with E-state index < -0.39 is 11.6 Å². The summed E-state index contributed by atoms with van der Waals surface area (Å²) in [4.78, 5) is 0. The molecule has 0 atom stereocenters. The van der Waals surface area contributed by atoms with Crippen LogP contribution in [-0.4, -0.2) is 7.85 Å². The van der Waals surface area contributed by atoms with Gasteiger partial charge in [0.2, 0.25) is 0 Å². The number of benzene rings is 3. The molecule has 111 valence electrons. The maximum Gasteiger partial charge on any atom is 0.130 e. The van der Waals surface area contributed by atoms with Crippen LogP contribution in [0.2, 0.25) is 0 Å². The fourth-order valence-corrected chi connectivity index (χ4v) is 2.22. The van der Waals surface area contributed by atoms with Gasteiger partial charge in [-0.2, -0.15) is 0 Å². The van der Waals surface area contributed by atoms with Crippen molar-refractivity contribution >= 4 is 13.3 Å².